The second kappa shape index (κ2) is 5.28. The van der Waals surface area contributed by atoms with Crippen molar-refractivity contribution >= 4 is 11.6 Å². The van der Waals surface area contributed by atoms with Crippen molar-refractivity contribution in [2.24, 2.45) is 0 Å². The lowest BCUT2D eigenvalue weighted by molar-refractivity contribution is 0.102. The summed E-state index contributed by atoms with van der Waals surface area (Å²) in [7, 11) is 1.52. The SMILES string of the molecule is COc1cc(C(=O)Nc2cccnc2C2CC2)ccn1. The Bertz CT molecular complexity index is 639. The Hall–Kier alpha value is -2.43. The number of carbonyl (C=O) groups is 1. The molecule has 0 radical (unpaired) electrons. The Morgan fingerprint density at radius 1 is 1.30 bits per heavy atom. The Morgan fingerprint density at radius 2 is 2.15 bits per heavy atom. The van der Waals surface area contributed by atoms with Gasteiger partial charge in [-0.1, -0.05) is 0 Å². The number of nitrogens with zero attached hydrogens (tertiary/aromatic N) is 2. The van der Waals surface area contributed by atoms with Crippen LogP contribution in [-0.4, -0.2) is 23.0 Å². The van der Waals surface area contributed by atoms with Crippen LogP contribution in [0.2, 0.25) is 0 Å². The first kappa shape index (κ1) is 12.6. The smallest absolute Gasteiger partial charge is 0.255 e. The van der Waals surface area contributed by atoms with Crippen LogP contribution in [-0.2, 0) is 0 Å². The lowest BCUT2D eigenvalue weighted by Gasteiger charge is -2.09. The van der Waals surface area contributed by atoms with Crippen molar-refractivity contribution in [1.82, 2.24) is 9.97 Å². The first-order valence-electron chi connectivity index (χ1n) is 6.54. The lowest BCUT2D eigenvalue weighted by Crippen LogP contribution is -2.14. The molecule has 2 aromatic heterocycles. The number of hydrogen-bond acceptors (Lipinski definition) is 4. The van der Waals surface area contributed by atoms with Crippen molar-refractivity contribution < 1.29 is 9.53 Å². The quantitative estimate of drug-likeness (QED) is 0.926. The van der Waals surface area contributed by atoms with E-state index in [0.717, 1.165) is 24.2 Å². The molecule has 102 valence electrons. The number of amides is 1. The Labute approximate surface area is 117 Å². The normalized spacial score (nSPS) is 13.8. The minimum Gasteiger partial charge on any atom is -0.481 e. The van der Waals surface area contributed by atoms with Gasteiger partial charge in [-0.05, 0) is 31.0 Å². The van der Waals surface area contributed by atoms with Crippen molar-refractivity contribution in [1.29, 1.82) is 0 Å². The number of hydrogen-bond donors (Lipinski definition) is 1. The van der Waals surface area contributed by atoms with E-state index in [2.05, 4.69) is 15.3 Å². The van der Waals surface area contributed by atoms with Gasteiger partial charge in [0.25, 0.3) is 5.91 Å². The van der Waals surface area contributed by atoms with E-state index in [1.165, 1.54) is 7.11 Å². The fourth-order valence-corrected chi connectivity index (χ4v) is 2.06. The van der Waals surface area contributed by atoms with Gasteiger partial charge in [0, 0.05) is 29.9 Å². The highest BCUT2D eigenvalue weighted by atomic mass is 16.5. The molecule has 1 saturated carbocycles. The van der Waals surface area contributed by atoms with Crippen LogP contribution < -0.4 is 10.1 Å². The van der Waals surface area contributed by atoms with E-state index in [4.69, 9.17) is 4.74 Å². The molecule has 5 nitrogen and oxygen atoms in total. The molecule has 0 spiro atoms. The van der Waals surface area contributed by atoms with E-state index in [9.17, 15) is 4.79 Å². The number of aromatic nitrogens is 2. The van der Waals surface area contributed by atoms with Gasteiger partial charge in [-0.15, -0.1) is 0 Å². The molecule has 0 saturated heterocycles. The standard InChI is InChI=1S/C15H15N3O2/c1-20-13-9-11(6-8-16-13)15(19)18-12-3-2-7-17-14(12)10-4-5-10/h2-3,6-10H,4-5H2,1H3,(H,18,19). The summed E-state index contributed by atoms with van der Waals surface area (Å²) in [4.78, 5) is 20.6. The second-order valence-electron chi connectivity index (χ2n) is 4.75. The molecular formula is C15H15N3O2. The molecule has 20 heavy (non-hydrogen) atoms. The predicted molar refractivity (Wildman–Crippen MR) is 75.0 cm³/mol. The van der Waals surface area contributed by atoms with Crippen LogP contribution in [0.1, 0.15) is 34.8 Å². The summed E-state index contributed by atoms with van der Waals surface area (Å²) < 4.78 is 5.02. The van der Waals surface area contributed by atoms with Gasteiger partial charge in [0.1, 0.15) is 0 Å². The molecule has 2 heterocycles. The third-order valence-electron chi connectivity index (χ3n) is 3.26. The van der Waals surface area contributed by atoms with Gasteiger partial charge in [-0.25, -0.2) is 4.98 Å². The highest BCUT2D eigenvalue weighted by Crippen LogP contribution is 2.42. The molecule has 2 aromatic rings. The first-order valence-corrected chi connectivity index (χ1v) is 6.54. The summed E-state index contributed by atoms with van der Waals surface area (Å²) in [6.07, 6.45) is 5.60. The van der Waals surface area contributed by atoms with Crippen LogP contribution in [0.3, 0.4) is 0 Å². The minimum atomic E-state index is -0.180. The number of ether oxygens (including phenoxy) is 1. The van der Waals surface area contributed by atoms with Gasteiger partial charge in [0.15, 0.2) is 0 Å². The van der Waals surface area contributed by atoms with Gasteiger partial charge >= 0.3 is 0 Å². The van der Waals surface area contributed by atoms with Crippen LogP contribution in [0.15, 0.2) is 36.7 Å². The summed E-state index contributed by atoms with van der Waals surface area (Å²) in [6.45, 7) is 0. The lowest BCUT2D eigenvalue weighted by atomic mass is 10.2. The average molecular weight is 269 g/mol. The maximum atomic E-state index is 12.3. The summed E-state index contributed by atoms with van der Waals surface area (Å²) in [5, 5.41) is 2.91. The third kappa shape index (κ3) is 2.61. The summed E-state index contributed by atoms with van der Waals surface area (Å²) in [6, 6.07) is 6.99. The van der Waals surface area contributed by atoms with E-state index in [1.807, 2.05) is 12.1 Å². The average Bonchev–Trinajstić information content (AvgIpc) is 3.32. The van der Waals surface area contributed by atoms with Crippen molar-refractivity contribution in [3.8, 4) is 5.88 Å². The fraction of sp³-hybridized carbons (Fsp3) is 0.267. The fourth-order valence-electron chi connectivity index (χ4n) is 2.06. The maximum Gasteiger partial charge on any atom is 0.255 e. The molecule has 1 fully saturated rings. The number of carbonyl (C=O) groups excluding carboxylic acids is 1. The summed E-state index contributed by atoms with van der Waals surface area (Å²) >= 11 is 0. The zero-order valence-corrected chi connectivity index (χ0v) is 11.2. The molecule has 3 rings (SSSR count). The second-order valence-corrected chi connectivity index (χ2v) is 4.75. The van der Waals surface area contributed by atoms with Crippen LogP contribution in [0.5, 0.6) is 5.88 Å². The number of pyridine rings is 2. The maximum absolute atomic E-state index is 12.3. The van der Waals surface area contributed by atoms with Crippen LogP contribution >= 0.6 is 0 Å². The van der Waals surface area contributed by atoms with Crippen molar-refractivity contribution in [3.05, 3.63) is 47.9 Å². The number of nitrogens with one attached hydrogen (secondary N) is 1. The topological polar surface area (TPSA) is 64.1 Å². The molecule has 0 bridgehead atoms. The number of anilines is 1. The van der Waals surface area contributed by atoms with Crippen molar-refractivity contribution in [2.75, 3.05) is 12.4 Å². The Kier molecular flexibility index (Phi) is 3.33. The number of rotatable bonds is 4. The molecule has 0 aliphatic heterocycles. The molecule has 0 atom stereocenters. The van der Waals surface area contributed by atoms with Crippen LogP contribution in [0.4, 0.5) is 5.69 Å². The van der Waals surface area contributed by atoms with Gasteiger partial charge in [-0.3, -0.25) is 9.78 Å². The van der Waals surface area contributed by atoms with Gasteiger partial charge in [-0.2, -0.15) is 0 Å². The molecule has 1 amide bonds. The molecule has 0 unspecified atom stereocenters. The largest absolute Gasteiger partial charge is 0.481 e. The predicted octanol–water partition coefficient (Wildman–Crippen LogP) is 2.61. The van der Waals surface area contributed by atoms with E-state index < -0.39 is 0 Å². The van der Waals surface area contributed by atoms with E-state index in [1.54, 1.807) is 24.5 Å². The van der Waals surface area contributed by atoms with Gasteiger partial charge in [0.05, 0.1) is 18.5 Å². The minimum absolute atomic E-state index is 0.180. The Balaban J connectivity index is 1.82. The van der Waals surface area contributed by atoms with E-state index >= 15 is 0 Å². The van der Waals surface area contributed by atoms with Crippen LogP contribution in [0.25, 0.3) is 0 Å². The van der Waals surface area contributed by atoms with E-state index in [-0.39, 0.29) is 5.91 Å². The summed E-state index contributed by atoms with van der Waals surface area (Å²) in [5.41, 5.74) is 2.28. The van der Waals surface area contributed by atoms with Gasteiger partial charge in [0.2, 0.25) is 5.88 Å². The monoisotopic (exact) mass is 269 g/mol. The molecule has 1 aliphatic rings. The highest BCUT2D eigenvalue weighted by molar-refractivity contribution is 6.04. The Morgan fingerprint density at radius 3 is 2.90 bits per heavy atom. The molecule has 1 aliphatic carbocycles. The third-order valence-corrected chi connectivity index (χ3v) is 3.26. The zero-order valence-electron chi connectivity index (χ0n) is 11.2. The number of methoxy groups -OCH3 is 1. The summed E-state index contributed by atoms with van der Waals surface area (Å²) in [5.74, 6) is 0.727. The molecule has 1 N–H and O–H groups in total. The molecular weight excluding hydrogens is 254 g/mol. The molecule has 0 aromatic carbocycles. The van der Waals surface area contributed by atoms with E-state index in [0.29, 0.717) is 17.4 Å². The van der Waals surface area contributed by atoms with Crippen LogP contribution in [0, 0.1) is 0 Å². The van der Waals surface area contributed by atoms with Crippen molar-refractivity contribution in [3.63, 3.8) is 0 Å². The van der Waals surface area contributed by atoms with Gasteiger partial charge < -0.3 is 10.1 Å². The van der Waals surface area contributed by atoms with Crippen molar-refractivity contribution in [2.45, 2.75) is 18.8 Å². The highest BCUT2D eigenvalue weighted by Gasteiger charge is 2.27. The molecule has 5 heteroatoms. The zero-order chi connectivity index (χ0) is 13.9. The first-order chi connectivity index (χ1) is 9.78.